The van der Waals surface area contributed by atoms with E-state index in [0.29, 0.717) is 13.2 Å². The molecule has 0 aliphatic rings. The summed E-state index contributed by atoms with van der Waals surface area (Å²) in [6.45, 7) is 9.26. The van der Waals surface area contributed by atoms with E-state index in [2.05, 4.69) is 29.4 Å². The van der Waals surface area contributed by atoms with E-state index in [4.69, 9.17) is 19.0 Å². The van der Waals surface area contributed by atoms with E-state index in [-0.39, 0.29) is 6.79 Å². The van der Waals surface area contributed by atoms with Crippen molar-refractivity contribution in [2.75, 3.05) is 20.5 Å². The van der Waals surface area contributed by atoms with Crippen LogP contribution in [0.4, 0.5) is 0 Å². The molecular weight excluding hydrogens is 378 g/mol. The number of allylic oxidation sites excluding steroid dienone is 1. The number of nitrogens with zero attached hydrogens (tertiary/aromatic N) is 1. The smallest absolute Gasteiger partial charge is 0.189 e. The second-order valence-corrected chi connectivity index (χ2v) is 7.20. The van der Waals surface area contributed by atoms with E-state index in [9.17, 15) is 0 Å². The van der Waals surface area contributed by atoms with Gasteiger partial charge in [-0.15, -0.1) is 0 Å². The molecule has 0 N–H and O–H groups in total. The summed E-state index contributed by atoms with van der Waals surface area (Å²) in [5, 5.41) is 3.94. The highest BCUT2D eigenvalue weighted by molar-refractivity contribution is 5.81. The summed E-state index contributed by atoms with van der Waals surface area (Å²) in [6.07, 6.45) is 5.78. The maximum atomic E-state index is 5.86. The van der Waals surface area contributed by atoms with Gasteiger partial charge in [-0.3, -0.25) is 0 Å². The van der Waals surface area contributed by atoms with Gasteiger partial charge in [-0.1, -0.05) is 41.6 Å². The second kappa shape index (κ2) is 12.7. The lowest BCUT2D eigenvalue weighted by Gasteiger charge is -2.14. The van der Waals surface area contributed by atoms with Gasteiger partial charge >= 0.3 is 0 Å². The molecule has 0 spiro atoms. The minimum atomic E-state index is 0.203. The Kier molecular flexibility index (Phi) is 9.95. The Morgan fingerprint density at radius 2 is 1.67 bits per heavy atom. The summed E-state index contributed by atoms with van der Waals surface area (Å²) in [5.41, 5.74) is 5.44. The molecule has 5 nitrogen and oxygen atoms in total. The van der Waals surface area contributed by atoms with E-state index >= 15 is 0 Å². The van der Waals surface area contributed by atoms with Crippen LogP contribution >= 0.6 is 0 Å². The molecule has 5 heteroatoms. The molecule has 2 aromatic carbocycles. The molecule has 0 aliphatic carbocycles. The summed E-state index contributed by atoms with van der Waals surface area (Å²) < 4.78 is 17.3. The first-order valence-electron chi connectivity index (χ1n) is 10.2. The highest BCUT2D eigenvalue weighted by Gasteiger charge is 2.07. The Balaban J connectivity index is 1.78. The van der Waals surface area contributed by atoms with Crippen LogP contribution in [0.25, 0.3) is 0 Å². The molecule has 0 unspecified atom stereocenters. The molecular formula is C25H33NO4. The molecule has 0 aromatic heterocycles. The summed E-state index contributed by atoms with van der Waals surface area (Å²) in [5.74, 6) is 1.69. The normalized spacial score (nSPS) is 11.7. The molecule has 0 saturated carbocycles. The van der Waals surface area contributed by atoms with Crippen molar-refractivity contribution in [2.24, 2.45) is 5.16 Å². The third-order valence-corrected chi connectivity index (χ3v) is 4.62. The second-order valence-electron chi connectivity index (χ2n) is 7.20. The van der Waals surface area contributed by atoms with Crippen molar-refractivity contribution < 1.29 is 19.0 Å². The van der Waals surface area contributed by atoms with Crippen LogP contribution in [-0.2, 0) is 22.6 Å². The topological polar surface area (TPSA) is 49.3 Å². The number of hydrogen-bond acceptors (Lipinski definition) is 5. The summed E-state index contributed by atoms with van der Waals surface area (Å²) in [6, 6.07) is 12.4. The van der Waals surface area contributed by atoms with Crippen LogP contribution in [0.3, 0.4) is 0 Å². The van der Waals surface area contributed by atoms with Gasteiger partial charge in [0.2, 0.25) is 0 Å². The fourth-order valence-electron chi connectivity index (χ4n) is 3.05. The zero-order chi connectivity index (χ0) is 21.8. The number of aryl methyl sites for hydroxylation is 3. The predicted molar refractivity (Wildman–Crippen MR) is 121 cm³/mol. The molecule has 0 radical (unpaired) electrons. The Morgan fingerprint density at radius 1 is 1.00 bits per heavy atom. The molecule has 30 heavy (non-hydrogen) atoms. The van der Waals surface area contributed by atoms with Crippen LogP contribution in [0.5, 0.6) is 11.5 Å². The van der Waals surface area contributed by atoms with Crippen molar-refractivity contribution in [3.8, 4) is 11.5 Å². The summed E-state index contributed by atoms with van der Waals surface area (Å²) in [7, 11) is 1.57. The number of hydrogen-bond donors (Lipinski definition) is 0. The van der Waals surface area contributed by atoms with Crippen LogP contribution in [0, 0.1) is 13.8 Å². The monoisotopic (exact) mass is 411 g/mol. The van der Waals surface area contributed by atoms with Crippen LogP contribution in [0.1, 0.15) is 42.5 Å². The zero-order valence-corrected chi connectivity index (χ0v) is 18.7. The third kappa shape index (κ3) is 7.91. The van der Waals surface area contributed by atoms with Crippen LogP contribution in [0.15, 0.2) is 53.7 Å². The Morgan fingerprint density at radius 3 is 2.30 bits per heavy atom. The third-order valence-electron chi connectivity index (χ3n) is 4.62. The largest absolute Gasteiger partial charge is 0.490 e. The quantitative estimate of drug-likeness (QED) is 0.146. The molecule has 0 atom stereocenters. The van der Waals surface area contributed by atoms with Gasteiger partial charge in [0.15, 0.2) is 6.79 Å². The van der Waals surface area contributed by atoms with E-state index in [1.54, 1.807) is 7.11 Å². The van der Waals surface area contributed by atoms with E-state index in [1.165, 1.54) is 5.56 Å². The molecule has 0 saturated heterocycles. The minimum Gasteiger partial charge on any atom is -0.490 e. The molecule has 162 valence electrons. The van der Waals surface area contributed by atoms with Gasteiger partial charge in [-0.25, -0.2) is 0 Å². The maximum Gasteiger partial charge on any atom is 0.189 e. The first-order valence-corrected chi connectivity index (χ1v) is 10.2. The molecule has 2 rings (SSSR count). The van der Waals surface area contributed by atoms with Gasteiger partial charge in [0, 0.05) is 0 Å². The van der Waals surface area contributed by atoms with Gasteiger partial charge in [0.1, 0.15) is 25.2 Å². The SMILES string of the molecule is C/C=C/COc1cc(C)c(OCOCc2ccc(CC/C(C)=N/OC)cc2)c(C)c1. The zero-order valence-electron chi connectivity index (χ0n) is 18.7. The van der Waals surface area contributed by atoms with Crippen LogP contribution < -0.4 is 9.47 Å². The first-order chi connectivity index (χ1) is 14.5. The van der Waals surface area contributed by atoms with Crippen molar-refractivity contribution in [1.82, 2.24) is 0 Å². The van der Waals surface area contributed by atoms with Gasteiger partial charge in [-0.2, -0.15) is 0 Å². The molecule has 2 aromatic rings. The maximum absolute atomic E-state index is 5.86. The summed E-state index contributed by atoms with van der Waals surface area (Å²) in [4.78, 5) is 4.79. The fourth-order valence-corrected chi connectivity index (χ4v) is 3.05. The van der Waals surface area contributed by atoms with Gasteiger partial charge in [0.25, 0.3) is 0 Å². The number of benzene rings is 2. The highest BCUT2D eigenvalue weighted by Crippen LogP contribution is 2.28. The molecule has 0 fully saturated rings. The van der Waals surface area contributed by atoms with Crippen molar-refractivity contribution in [2.45, 2.75) is 47.1 Å². The lowest BCUT2D eigenvalue weighted by molar-refractivity contribution is 0.00427. The molecule has 0 aliphatic heterocycles. The summed E-state index contributed by atoms with van der Waals surface area (Å²) >= 11 is 0. The first kappa shape index (κ1) is 23.5. The number of rotatable bonds is 12. The van der Waals surface area contributed by atoms with Gasteiger partial charge in [0.05, 0.1) is 12.3 Å². The molecule has 0 bridgehead atoms. The molecule has 0 heterocycles. The number of ether oxygens (including phenoxy) is 3. The van der Waals surface area contributed by atoms with Gasteiger partial charge in [-0.05, 0) is 74.9 Å². The van der Waals surface area contributed by atoms with Crippen LogP contribution in [-0.4, -0.2) is 26.2 Å². The predicted octanol–water partition coefficient (Wildman–Crippen LogP) is 5.77. The lowest BCUT2D eigenvalue weighted by atomic mass is 10.1. The average molecular weight is 412 g/mol. The highest BCUT2D eigenvalue weighted by atomic mass is 16.7. The van der Waals surface area contributed by atoms with E-state index < -0.39 is 0 Å². The van der Waals surface area contributed by atoms with Crippen molar-refractivity contribution in [3.05, 3.63) is 70.8 Å². The molecule has 0 amide bonds. The minimum absolute atomic E-state index is 0.203. The Hall–Kier alpha value is -2.79. The van der Waals surface area contributed by atoms with Crippen molar-refractivity contribution in [3.63, 3.8) is 0 Å². The fraction of sp³-hybridized carbons (Fsp3) is 0.400. The Labute approximate surface area is 180 Å². The van der Waals surface area contributed by atoms with Crippen molar-refractivity contribution >= 4 is 5.71 Å². The van der Waals surface area contributed by atoms with E-state index in [1.807, 2.05) is 52.0 Å². The van der Waals surface area contributed by atoms with Crippen LogP contribution in [0.2, 0.25) is 0 Å². The average Bonchev–Trinajstić information content (AvgIpc) is 2.72. The lowest BCUT2D eigenvalue weighted by Crippen LogP contribution is -2.06. The van der Waals surface area contributed by atoms with Gasteiger partial charge < -0.3 is 19.0 Å². The van der Waals surface area contributed by atoms with Crippen molar-refractivity contribution in [1.29, 1.82) is 0 Å². The standard InChI is InChI=1S/C25H33NO4/c1-6-7-14-29-24-15-19(2)25(20(3)16-24)30-18-28-17-23-12-10-22(11-13-23)9-8-21(4)26-27-5/h6-7,10-13,15-16H,8-9,14,17-18H2,1-5H3/b7-6+,26-21+. The van der Waals surface area contributed by atoms with E-state index in [0.717, 1.165) is 46.7 Å². The number of oxime groups is 1. The Bertz CT molecular complexity index is 818.